The Hall–Kier alpha value is -2.88. The molecule has 0 saturated carbocycles. The first-order chi connectivity index (χ1) is 11.7. The summed E-state index contributed by atoms with van der Waals surface area (Å²) < 4.78 is 0. The van der Waals surface area contributed by atoms with Gasteiger partial charge >= 0.3 is 5.97 Å². The van der Waals surface area contributed by atoms with E-state index >= 15 is 0 Å². The van der Waals surface area contributed by atoms with E-state index in [-0.39, 0.29) is 16.7 Å². The zero-order chi connectivity index (χ0) is 18.4. The molecule has 4 nitrogen and oxygen atoms in total. The van der Waals surface area contributed by atoms with E-state index in [1.807, 2.05) is 57.2 Å². The van der Waals surface area contributed by atoms with Crippen LogP contribution in [0.4, 0.5) is 0 Å². The van der Waals surface area contributed by atoms with Crippen LogP contribution in [-0.2, 0) is 5.41 Å². The number of hydrogen-bond donors (Lipinski definition) is 2. The molecule has 0 unspecified atom stereocenters. The zero-order valence-electron chi connectivity index (χ0n) is 14.8. The Bertz CT molecular complexity index is 984. The predicted molar refractivity (Wildman–Crippen MR) is 99.2 cm³/mol. The van der Waals surface area contributed by atoms with E-state index < -0.39 is 5.97 Å². The second-order valence-corrected chi connectivity index (χ2v) is 7.29. The lowest BCUT2D eigenvalue weighted by atomic mass is 9.81. The summed E-state index contributed by atoms with van der Waals surface area (Å²) in [6.45, 7) is 7.57. The number of para-hydroxylation sites is 1. The SMILES string of the molecule is Cc1c(-c2cnc3ccccc3c2)cc(C(C)(C)C)c(O)c1C(=O)O. The fourth-order valence-corrected chi connectivity index (χ4v) is 3.12. The lowest BCUT2D eigenvalue weighted by molar-refractivity contribution is 0.0692. The smallest absolute Gasteiger partial charge is 0.339 e. The molecule has 0 bridgehead atoms. The number of aromatic hydroxyl groups is 1. The van der Waals surface area contributed by atoms with Gasteiger partial charge in [0.2, 0.25) is 0 Å². The number of fused-ring (bicyclic) bond motifs is 1. The summed E-state index contributed by atoms with van der Waals surface area (Å²) in [5.41, 5.74) is 3.21. The van der Waals surface area contributed by atoms with Gasteiger partial charge in [-0.1, -0.05) is 39.0 Å². The van der Waals surface area contributed by atoms with Gasteiger partial charge in [-0.05, 0) is 41.7 Å². The third-order valence-electron chi connectivity index (χ3n) is 4.48. The van der Waals surface area contributed by atoms with Gasteiger partial charge in [0.15, 0.2) is 0 Å². The van der Waals surface area contributed by atoms with Gasteiger partial charge in [-0.3, -0.25) is 4.98 Å². The summed E-state index contributed by atoms with van der Waals surface area (Å²) in [5, 5.41) is 21.1. The van der Waals surface area contributed by atoms with Crippen molar-refractivity contribution in [3.63, 3.8) is 0 Å². The number of hydrogen-bond acceptors (Lipinski definition) is 3. The Morgan fingerprint density at radius 1 is 1.12 bits per heavy atom. The highest BCUT2D eigenvalue weighted by Gasteiger charge is 2.27. The summed E-state index contributed by atoms with van der Waals surface area (Å²) in [7, 11) is 0. The Morgan fingerprint density at radius 3 is 2.44 bits per heavy atom. The van der Waals surface area contributed by atoms with Crippen molar-refractivity contribution in [2.45, 2.75) is 33.1 Å². The third-order valence-corrected chi connectivity index (χ3v) is 4.48. The molecular formula is C21H21NO3. The molecule has 0 spiro atoms. The molecule has 0 radical (unpaired) electrons. The van der Waals surface area contributed by atoms with Crippen molar-refractivity contribution in [3.05, 3.63) is 59.3 Å². The van der Waals surface area contributed by atoms with Gasteiger partial charge in [-0.25, -0.2) is 4.79 Å². The summed E-state index contributed by atoms with van der Waals surface area (Å²) in [6, 6.07) is 11.7. The van der Waals surface area contributed by atoms with Crippen LogP contribution in [0.25, 0.3) is 22.0 Å². The van der Waals surface area contributed by atoms with Gasteiger partial charge in [0.1, 0.15) is 11.3 Å². The number of nitrogens with zero attached hydrogens (tertiary/aromatic N) is 1. The maximum atomic E-state index is 11.7. The fraction of sp³-hybridized carbons (Fsp3) is 0.238. The highest BCUT2D eigenvalue weighted by Crippen LogP contribution is 2.40. The van der Waals surface area contributed by atoms with Gasteiger partial charge < -0.3 is 10.2 Å². The Kier molecular flexibility index (Phi) is 3.99. The van der Waals surface area contributed by atoms with Crippen LogP contribution in [0.5, 0.6) is 5.75 Å². The number of carbonyl (C=O) groups is 1. The summed E-state index contributed by atoms with van der Waals surface area (Å²) >= 11 is 0. The van der Waals surface area contributed by atoms with Crippen molar-refractivity contribution < 1.29 is 15.0 Å². The van der Waals surface area contributed by atoms with Crippen molar-refractivity contribution in [2.75, 3.05) is 0 Å². The van der Waals surface area contributed by atoms with E-state index in [2.05, 4.69) is 4.98 Å². The number of benzene rings is 2. The number of carboxylic acids is 1. The maximum absolute atomic E-state index is 11.7. The van der Waals surface area contributed by atoms with E-state index in [0.717, 1.165) is 22.0 Å². The molecule has 4 heteroatoms. The minimum absolute atomic E-state index is 0.0458. The monoisotopic (exact) mass is 335 g/mol. The van der Waals surface area contributed by atoms with Crippen LogP contribution >= 0.6 is 0 Å². The normalized spacial score (nSPS) is 11.7. The van der Waals surface area contributed by atoms with E-state index in [0.29, 0.717) is 11.1 Å². The van der Waals surface area contributed by atoms with Crippen molar-refractivity contribution in [1.29, 1.82) is 0 Å². The van der Waals surface area contributed by atoms with Crippen LogP contribution in [0.1, 0.15) is 42.3 Å². The highest BCUT2D eigenvalue weighted by atomic mass is 16.4. The lowest BCUT2D eigenvalue weighted by Gasteiger charge is -2.24. The topological polar surface area (TPSA) is 70.4 Å². The minimum atomic E-state index is -1.13. The van der Waals surface area contributed by atoms with Crippen LogP contribution in [0.2, 0.25) is 0 Å². The van der Waals surface area contributed by atoms with Crippen LogP contribution in [0.3, 0.4) is 0 Å². The number of carboxylic acid groups (broad SMARTS) is 1. The predicted octanol–water partition coefficient (Wildman–Crippen LogP) is 4.91. The molecule has 0 atom stereocenters. The second kappa shape index (κ2) is 5.88. The van der Waals surface area contributed by atoms with Crippen molar-refractivity contribution >= 4 is 16.9 Å². The van der Waals surface area contributed by atoms with Crippen LogP contribution in [0.15, 0.2) is 42.6 Å². The zero-order valence-corrected chi connectivity index (χ0v) is 14.8. The van der Waals surface area contributed by atoms with E-state index in [4.69, 9.17) is 0 Å². The molecule has 3 rings (SSSR count). The van der Waals surface area contributed by atoms with E-state index in [9.17, 15) is 15.0 Å². The molecule has 0 aliphatic carbocycles. The molecule has 1 heterocycles. The van der Waals surface area contributed by atoms with Crippen LogP contribution in [-0.4, -0.2) is 21.2 Å². The van der Waals surface area contributed by atoms with E-state index in [1.54, 1.807) is 13.1 Å². The van der Waals surface area contributed by atoms with Gasteiger partial charge in [-0.2, -0.15) is 0 Å². The Balaban J connectivity index is 2.34. The molecule has 25 heavy (non-hydrogen) atoms. The molecule has 3 aromatic rings. The van der Waals surface area contributed by atoms with Crippen LogP contribution < -0.4 is 0 Å². The average Bonchev–Trinajstić information content (AvgIpc) is 2.53. The highest BCUT2D eigenvalue weighted by molar-refractivity contribution is 5.96. The van der Waals surface area contributed by atoms with Crippen molar-refractivity contribution in [1.82, 2.24) is 4.98 Å². The molecule has 1 aromatic heterocycles. The molecule has 0 aliphatic heterocycles. The van der Waals surface area contributed by atoms with Gasteiger partial charge in [0.25, 0.3) is 0 Å². The standard InChI is InChI=1S/C21H21NO3/c1-12-15(14-9-13-7-5-6-8-17(13)22-11-14)10-16(21(2,3)4)19(23)18(12)20(24)25/h5-11,23H,1-4H3,(H,24,25). The lowest BCUT2D eigenvalue weighted by Crippen LogP contribution is -2.15. The molecule has 2 N–H and O–H groups in total. The summed E-state index contributed by atoms with van der Waals surface area (Å²) in [5.74, 6) is -1.29. The number of aromatic carboxylic acids is 1. The quantitative estimate of drug-likeness (QED) is 0.698. The molecular weight excluding hydrogens is 314 g/mol. The number of aromatic nitrogens is 1. The number of phenols is 1. The minimum Gasteiger partial charge on any atom is -0.507 e. The number of rotatable bonds is 2. The molecule has 0 fully saturated rings. The third kappa shape index (κ3) is 2.95. The molecule has 128 valence electrons. The molecule has 0 amide bonds. The van der Waals surface area contributed by atoms with Crippen LogP contribution in [0, 0.1) is 6.92 Å². The average molecular weight is 335 g/mol. The van der Waals surface area contributed by atoms with E-state index in [1.165, 1.54) is 0 Å². The first-order valence-electron chi connectivity index (χ1n) is 8.15. The fourth-order valence-electron chi connectivity index (χ4n) is 3.12. The largest absolute Gasteiger partial charge is 0.507 e. The van der Waals surface area contributed by atoms with Gasteiger partial charge in [0, 0.05) is 22.7 Å². The molecule has 0 saturated heterocycles. The van der Waals surface area contributed by atoms with Gasteiger partial charge in [0.05, 0.1) is 5.52 Å². The first kappa shape index (κ1) is 17.0. The Morgan fingerprint density at radius 2 is 1.80 bits per heavy atom. The number of pyridine rings is 1. The first-order valence-corrected chi connectivity index (χ1v) is 8.15. The maximum Gasteiger partial charge on any atom is 0.339 e. The Labute approximate surface area is 146 Å². The molecule has 0 aliphatic rings. The molecule has 2 aromatic carbocycles. The van der Waals surface area contributed by atoms with Gasteiger partial charge in [-0.15, -0.1) is 0 Å². The second-order valence-electron chi connectivity index (χ2n) is 7.29. The summed E-state index contributed by atoms with van der Waals surface area (Å²) in [6.07, 6.45) is 1.75. The van der Waals surface area contributed by atoms with Crippen molar-refractivity contribution in [3.8, 4) is 16.9 Å². The summed E-state index contributed by atoms with van der Waals surface area (Å²) in [4.78, 5) is 16.2. The van der Waals surface area contributed by atoms with Crippen molar-refractivity contribution in [2.24, 2.45) is 0 Å².